The molecule has 1 aromatic heterocycles. The standard InChI is InChI=1S/C17H22N4O4S/c1-12-4-6-13(7-5-12)21-11-18-20-16(21)26-9-14(22)19-17(2,10-25-3)8-15(23)24/h4-7,11H,8-10H2,1-3H3,(H,19,22)(H,23,24). The minimum atomic E-state index is -1.00. The normalized spacial score (nSPS) is 13.2. The number of aliphatic carboxylic acids is 1. The monoisotopic (exact) mass is 378 g/mol. The van der Waals surface area contributed by atoms with Crippen molar-refractivity contribution in [2.75, 3.05) is 19.5 Å². The Morgan fingerprint density at radius 1 is 1.35 bits per heavy atom. The van der Waals surface area contributed by atoms with Gasteiger partial charge in [-0.05, 0) is 26.0 Å². The highest BCUT2D eigenvalue weighted by Crippen LogP contribution is 2.20. The first kappa shape index (κ1) is 19.9. The second-order valence-corrected chi connectivity index (χ2v) is 7.16. The van der Waals surface area contributed by atoms with Crippen molar-refractivity contribution in [3.05, 3.63) is 36.2 Å². The summed E-state index contributed by atoms with van der Waals surface area (Å²) in [4.78, 5) is 23.3. The van der Waals surface area contributed by atoms with Crippen LogP contribution in [0.4, 0.5) is 0 Å². The van der Waals surface area contributed by atoms with E-state index < -0.39 is 11.5 Å². The van der Waals surface area contributed by atoms with Crippen LogP contribution in [0.15, 0.2) is 35.7 Å². The van der Waals surface area contributed by atoms with E-state index in [2.05, 4.69) is 15.5 Å². The van der Waals surface area contributed by atoms with E-state index in [1.54, 1.807) is 17.8 Å². The minimum absolute atomic E-state index is 0.0868. The predicted molar refractivity (Wildman–Crippen MR) is 97.5 cm³/mol. The molecular formula is C17H22N4O4S. The first-order valence-electron chi connectivity index (χ1n) is 7.94. The molecule has 0 radical (unpaired) electrons. The van der Waals surface area contributed by atoms with Crippen molar-refractivity contribution in [1.82, 2.24) is 20.1 Å². The summed E-state index contributed by atoms with van der Waals surface area (Å²) in [6.45, 7) is 3.75. The third-order valence-electron chi connectivity index (χ3n) is 3.61. The molecule has 2 N–H and O–H groups in total. The number of carboxylic acids is 1. The molecule has 0 aliphatic rings. The lowest BCUT2D eigenvalue weighted by Crippen LogP contribution is -2.51. The van der Waals surface area contributed by atoms with Crippen molar-refractivity contribution in [2.45, 2.75) is 31.0 Å². The van der Waals surface area contributed by atoms with Gasteiger partial charge in [0.1, 0.15) is 6.33 Å². The lowest BCUT2D eigenvalue weighted by Gasteiger charge is -2.28. The lowest BCUT2D eigenvalue weighted by atomic mass is 9.99. The fourth-order valence-electron chi connectivity index (χ4n) is 2.49. The first-order chi connectivity index (χ1) is 12.3. The lowest BCUT2D eigenvalue weighted by molar-refractivity contribution is -0.139. The fourth-order valence-corrected chi connectivity index (χ4v) is 3.22. The van der Waals surface area contributed by atoms with Gasteiger partial charge in [0, 0.05) is 12.8 Å². The third kappa shape index (κ3) is 5.57. The van der Waals surface area contributed by atoms with Crippen LogP contribution in [0.5, 0.6) is 0 Å². The van der Waals surface area contributed by atoms with Crippen LogP contribution in [0, 0.1) is 6.92 Å². The summed E-state index contributed by atoms with van der Waals surface area (Å²) in [5, 5.41) is 20.3. The van der Waals surface area contributed by atoms with Crippen molar-refractivity contribution in [3.8, 4) is 5.69 Å². The van der Waals surface area contributed by atoms with Crippen LogP contribution >= 0.6 is 11.8 Å². The molecule has 8 nitrogen and oxygen atoms in total. The van der Waals surface area contributed by atoms with Crippen LogP contribution < -0.4 is 5.32 Å². The zero-order valence-electron chi connectivity index (χ0n) is 14.9. The summed E-state index contributed by atoms with van der Waals surface area (Å²) >= 11 is 1.23. The number of carboxylic acid groups (broad SMARTS) is 1. The number of benzene rings is 1. The molecule has 0 fully saturated rings. The van der Waals surface area contributed by atoms with E-state index in [1.807, 2.05) is 31.2 Å². The SMILES string of the molecule is COCC(C)(CC(=O)O)NC(=O)CSc1nncn1-c1ccc(C)cc1. The van der Waals surface area contributed by atoms with Gasteiger partial charge in [-0.25, -0.2) is 0 Å². The highest BCUT2D eigenvalue weighted by atomic mass is 32.2. The average Bonchev–Trinajstić information content (AvgIpc) is 3.01. The topological polar surface area (TPSA) is 106 Å². The van der Waals surface area contributed by atoms with Crippen LogP contribution in [-0.2, 0) is 14.3 Å². The molecule has 0 saturated heterocycles. The summed E-state index contributed by atoms with van der Waals surface area (Å²) in [6, 6.07) is 7.87. The average molecular weight is 378 g/mol. The Kier molecular flexibility index (Phi) is 6.76. The van der Waals surface area contributed by atoms with E-state index in [0.29, 0.717) is 5.16 Å². The molecule has 0 spiro atoms. The molecule has 0 aliphatic heterocycles. The number of amides is 1. The van der Waals surface area contributed by atoms with Gasteiger partial charge in [-0.15, -0.1) is 10.2 Å². The highest BCUT2D eigenvalue weighted by molar-refractivity contribution is 7.99. The van der Waals surface area contributed by atoms with Gasteiger partial charge in [0.05, 0.1) is 24.3 Å². The number of thioether (sulfide) groups is 1. The third-order valence-corrected chi connectivity index (χ3v) is 4.55. The van der Waals surface area contributed by atoms with E-state index in [4.69, 9.17) is 9.84 Å². The van der Waals surface area contributed by atoms with Gasteiger partial charge < -0.3 is 15.2 Å². The summed E-state index contributed by atoms with van der Waals surface area (Å²) in [6.07, 6.45) is 1.36. The number of carbonyl (C=O) groups excluding carboxylic acids is 1. The molecule has 1 atom stereocenters. The van der Waals surface area contributed by atoms with Gasteiger partial charge in [-0.3, -0.25) is 14.2 Å². The number of ether oxygens (including phenoxy) is 1. The summed E-state index contributed by atoms with van der Waals surface area (Å²) in [7, 11) is 1.46. The molecule has 140 valence electrons. The Labute approximate surface area is 156 Å². The number of nitrogens with zero attached hydrogens (tertiary/aromatic N) is 3. The van der Waals surface area contributed by atoms with E-state index in [9.17, 15) is 9.59 Å². The quantitative estimate of drug-likeness (QED) is 0.639. The van der Waals surface area contributed by atoms with Crippen LogP contribution in [0.2, 0.25) is 0 Å². The number of methoxy groups -OCH3 is 1. The minimum Gasteiger partial charge on any atom is -0.481 e. The van der Waals surface area contributed by atoms with E-state index in [0.717, 1.165) is 11.3 Å². The molecule has 1 unspecified atom stereocenters. The highest BCUT2D eigenvalue weighted by Gasteiger charge is 2.29. The molecule has 9 heteroatoms. The number of hydrogen-bond acceptors (Lipinski definition) is 6. The number of hydrogen-bond donors (Lipinski definition) is 2. The first-order valence-corrected chi connectivity index (χ1v) is 8.93. The van der Waals surface area contributed by atoms with Crippen LogP contribution in [0.25, 0.3) is 5.69 Å². The maximum absolute atomic E-state index is 12.3. The van der Waals surface area contributed by atoms with Crippen molar-refractivity contribution < 1.29 is 19.4 Å². The van der Waals surface area contributed by atoms with Crippen LogP contribution in [-0.4, -0.2) is 56.8 Å². The summed E-state index contributed by atoms with van der Waals surface area (Å²) < 4.78 is 6.83. The predicted octanol–water partition coefficient (Wildman–Crippen LogP) is 1.66. The summed E-state index contributed by atoms with van der Waals surface area (Å²) in [5.74, 6) is -1.21. The maximum Gasteiger partial charge on any atom is 0.305 e. The van der Waals surface area contributed by atoms with Crippen molar-refractivity contribution in [3.63, 3.8) is 0 Å². The van der Waals surface area contributed by atoms with Gasteiger partial charge >= 0.3 is 5.97 Å². The number of rotatable bonds is 9. The van der Waals surface area contributed by atoms with Crippen LogP contribution in [0.3, 0.4) is 0 Å². The molecule has 1 heterocycles. The van der Waals surface area contributed by atoms with E-state index >= 15 is 0 Å². The van der Waals surface area contributed by atoms with Crippen molar-refractivity contribution >= 4 is 23.6 Å². The molecule has 0 bridgehead atoms. The van der Waals surface area contributed by atoms with Crippen molar-refractivity contribution in [1.29, 1.82) is 0 Å². The zero-order chi connectivity index (χ0) is 19.2. The number of aryl methyl sites for hydroxylation is 1. The Bertz CT molecular complexity index is 762. The molecule has 1 amide bonds. The second kappa shape index (κ2) is 8.81. The van der Waals surface area contributed by atoms with Gasteiger partial charge in [0.25, 0.3) is 0 Å². The number of nitrogens with one attached hydrogen (secondary N) is 1. The Balaban J connectivity index is 2.00. The molecular weight excluding hydrogens is 356 g/mol. The number of carbonyl (C=O) groups is 2. The molecule has 2 rings (SSSR count). The smallest absolute Gasteiger partial charge is 0.305 e. The Morgan fingerprint density at radius 3 is 2.65 bits per heavy atom. The molecule has 1 aromatic carbocycles. The fraction of sp³-hybridized carbons (Fsp3) is 0.412. The molecule has 26 heavy (non-hydrogen) atoms. The van der Waals surface area contributed by atoms with Gasteiger partial charge in [-0.2, -0.15) is 0 Å². The zero-order valence-corrected chi connectivity index (χ0v) is 15.7. The molecule has 0 saturated carbocycles. The van der Waals surface area contributed by atoms with E-state index in [-0.39, 0.29) is 24.7 Å². The maximum atomic E-state index is 12.3. The van der Waals surface area contributed by atoms with Gasteiger partial charge in [0.2, 0.25) is 5.91 Å². The van der Waals surface area contributed by atoms with Crippen LogP contribution in [0.1, 0.15) is 18.9 Å². The Morgan fingerprint density at radius 2 is 2.04 bits per heavy atom. The Hall–Kier alpha value is -2.39. The van der Waals surface area contributed by atoms with Gasteiger partial charge in [-0.1, -0.05) is 29.5 Å². The molecule has 2 aromatic rings. The van der Waals surface area contributed by atoms with E-state index in [1.165, 1.54) is 18.9 Å². The summed E-state index contributed by atoms with van der Waals surface area (Å²) in [5.41, 5.74) is 1.08. The van der Waals surface area contributed by atoms with Gasteiger partial charge in [0.15, 0.2) is 5.16 Å². The number of aromatic nitrogens is 3. The largest absolute Gasteiger partial charge is 0.481 e. The molecule has 0 aliphatic carbocycles. The van der Waals surface area contributed by atoms with Crippen molar-refractivity contribution in [2.24, 2.45) is 0 Å². The second-order valence-electron chi connectivity index (χ2n) is 6.22.